The highest BCUT2D eigenvalue weighted by molar-refractivity contribution is 7.89. The van der Waals surface area contributed by atoms with E-state index in [1.807, 2.05) is 0 Å². The monoisotopic (exact) mass is 784 g/mol. The Hall–Kier alpha value is -5.59. The van der Waals surface area contributed by atoms with Crippen LogP contribution in [0.3, 0.4) is 0 Å². The van der Waals surface area contributed by atoms with Crippen LogP contribution in [0.2, 0.25) is 0 Å². The molecular formula is C54H52Si3. The third kappa shape index (κ3) is 5.99. The number of hydrogen-bond acceptors (Lipinski definition) is 0. The molecule has 8 aromatic carbocycles. The molecule has 0 atom stereocenters. The van der Waals surface area contributed by atoms with Gasteiger partial charge in [-0.1, -0.05) is 281 Å². The van der Waals surface area contributed by atoms with Gasteiger partial charge in [-0.15, -0.1) is 0 Å². The van der Waals surface area contributed by atoms with Crippen LogP contribution in [-0.4, -0.2) is 22.3 Å². The molecule has 0 N–H and O–H groups in total. The summed E-state index contributed by atoms with van der Waals surface area (Å²) in [6.07, 6.45) is 0. The van der Waals surface area contributed by atoms with E-state index in [4.69, 9.17) is 0 Å². The van der Waals surface area contributed by atoms with Crippen molar-refractivity contribution in [1.29, 1.82) is 0 Å². The smallest absolute Gasteiger partial charge is 0.0624 e. The fourth-order valence-electron chi connectivity index (χ4n) is 11.1. The molecule has 0 aromatic heterocycles. The van der Waals surface area contributed by atoms with Crippen molar-refractivity contribution >= 4 is 63.8 Å². The molecule has 0 saturated carbocycles. The number of hydrogen-bond donors (Lipinski definition) is 0. The lowest BCUT2D eigenvalue weighted by Crippen LogP contribution is -3.04. The minimum Gasteiger partial charge on any atom is -0.0624 e. The molecule has 3 heteroatoms. The Bertz CT molecular complexity index is 2180. The van der Waals surface area contributed by atoms with E-state index in [1.165, 1.54) is 64.5 Å². The highest BCUT2D eigenvalue weighted by Gasteiger charge is 2.73. The maximum Gasteiger partial charge on any atom is 0.148 e. The van der Waals surface area contributed by atoms with E-state index in [0.29, 0.717) is 0 Å². The molecule has 0 saturated heterocycles. The van der Waals surface area contributed by atoms with Gasteiger partial charge in [0.05, 0.1) is 0 Å². The number of aryl methyl sites for hydroxylation is 6. The van der Waals surface area contributed by atoms with Crippen molar-refractivity contribution in [1.82, 2.24) is 0 Å². The summed E-state index contributed by atoms with van der Waals surface area (Å²) in [5.41, 5.74) is 8.23. The van der Waals surface area contributed by atoms with Crippen molar-refractivity contribution < 1.29 is 0 Å². The minimum absolute atomic E-state index is 1.31. The molecule has 8 aromatic rings. The topological polar surface area (TPSA) is 0 Å². The summed E-state index contributed by atoms with van der Waals surface area (Å²) in [6, 6.07) is 81.0. The van der Waals surface area contributed by atoms with Crippen LogP contribution in [0, 0.1) is 41.5 Å². The first-order valence-corrected chi connectivity index (χ1v) is 28.3. The Balaban J connectivity index is 1.88. The summed E-state index contributed by atoms with van der Waals surface area (Å²) < 4.78 is 0. The normalized spacial score (nSPS) is 12.0. The second-order valence-corrected chi connectivity index (χ2v) is 35.5. The summed E-state index contributed by atoms with van der Waals surface area (Å²) in [5.74, 6) is 0. The van der Waals surface area contributed by atoms with Gasteiger partial charge < -0.3 is 0 Å². The molecule has 0 heterocycles. The van der Waals surface area contributed by atoms with E-state index in [0.717, 1.165) is 0 Å². The van der Waals surface area contributed by atoms with Crippen molar-refractivity contribution in [2.45, 2.75) is 41.5 Å². The molecule has 57 heavy (non-hydrogen) atoms. The van der Waals surface area contributed by atoms with Crippen LogP contribution in [0.4, 0.5) is 0 Å². The first kappa shape index (κ1) is 38.3. The highest BCUT2D eigenvalue weighted by Crippen LogP contribution is 2.35. The van der Waals surface area contributed by atoms with Gasteiger partial charge in [-0.05, 0) is 41.5 Å². The molecule has 0 aliphatic rings. The fraction of sp³-hybridized carbons (Fsp3) is 0.111. The zero-order valence-corrected chi connectivity index (χ0v) is 37.1. The molecule has 0 nitrogen and oxygen atoms in total. The largest absolute Gasteiger partial charge is 0.148 e. The molecule has 0 amide bonds. The molecule has 0 fully saturated rings. The maximum atomic E-state index is 2.51. The van der Waals surface area contributed by atoms with Gasteiger partial charge in [0.1, 0.15) is 22.3 Å². The Morgan fingerprint density at radius 1 is 0.246 bits per heavy atom. The van der Waals surface area contributed by atoms with Crippen LogP contribution < -0.4 is 41.5 Å². The van der Waals surface area contributed by atoms with Crippen molar-refractivity contribution in [3.63, 3.8) is 0 Å². The van der Waals surface area contributed by atoms with Crippen LogP contribution in [0.15, 0.2) is 206 Å². The van der Waals surface area contributed by atoms with Crippen LogP contribution in [0.25, 0.3) is 0 Å². The lowest BCUT2D eigenvalue weighted by molar-refractivity contribution is 1.34. The third-order valence-electron chi connectivity index (χ3n) is 12.5. The van der Waals surface area contributed by atoms with E-state index < -0.39 is 22.3 Å². The molecule has 0 spiro atoms. The fourth-order valence-corrected chi connectivity index (χ4v) is 59.4. The summed E-state index contributed by atoms with van der Waals surface area (Å²) >= 11 is 0. The number of rotatable bonds is 10. The van der Waals surface area contributed by atoms with E-state index in [-0.39, 0.29) is 0 Å². The Morgan fingerprint density at radius 2 is 0.421 bits per heavy atom. The molecule has 0 radical (unpaired) electrons. The number of benzene rings is 8. The predicted octanol–water partition coefficient (Wildman–Crippen LogP) is 7.60. The maximum absolute atomic E-state index is 3.50. The van der Waals surface area contributed by atoms with E-state index in [9.17, 15) is 0 Å². The van der Waals surface area contributed by atoms with Crippen molar-refractivity contribution in [3.8, 4) is 0 Å². The van der Waals surface area contributed by atoms with E-state index in [1.54, 1.807) is 10.4 Å². The van der Waals surface area contributed by atoms with Gasteiger partial charge in [0.25, 0.3) is 0 Å². The molecule has 280 valence electrons. The van der Waals surface area contributed by atoms with Crippen molar-refractivity contribution in [2.24, 2.45) is 0 Å². The van der Waals surface area contributed by atoms with E-state index in [2.05, 4.69) is 248 Å². The summed E-state index contributed by atoms with van der Waals surface area (Å²) in [6.45, 7) is 14.3. The van der Waals surface area contributed by atoms with Gasteiger partial charge in [0, 0.05) is 0 Å². The van der Waals surface area contributed by atoms with Crippen LogP contribution in [0.1, 0.15) is 33.4 Å². The Labute approximate surface area is 343 Å². The van der Waals surface area contributed by atoms with Crippen molar-refractivity contribution in [2.75, 3.05) is 0 Å². The van der Waals surface area contributed by atoms with Crippen molar-refractivity contribution in [3.05, 3.63) is 240 Å². The first-order chi connectivity index (χ1) is 27.8. The van der Waals surface area contributed by atoms with Gasteiger partial charge >= 0.3 is 0 Å². The molecule has 0 aliphatic heterocycles. The molecule has 8 rings (SSSR count). The molecular weight excluding hydrogens is 733 g/mol. The lowest BCUT2D eigenvalue weighted by atomic mass is 10.1. The summed E-state index contributed by atoms with van der Waals surface area (Å²) in [4.78, 5) is 0. The van der Waals surface area contributed by atoms with Crippen LogP contribution in [-0.2, 0) is 0 Å². The standard InChI is InChI=1S/C54H52Si3/c1-41-37-43(3)53(44(4)38-41)57(54-45(5)39-42(2)40-46(54)6,55(47-25-13-7-14-26-47,48-27-15-8-16-28-48)49-29-17-9-18-30-49)56(50-31-19-10-20-32-50,51-33-21-11-22-34-51)52-35-23-12-24-36-52/h7-40H,1-6H3. The minimum atomic E-state index is -3.50. The van der Waals surface area contributed by atoms with E-state index >= 15 is 0 Å². The second kappa shape index (κ2) is 15.7. The SMILES string of the molecule is Cc1cc(C)c([Si](c2c(C)cc(C)cc2C)([Si](c2ccccc2)(c2ccccc2)c2ccccc2)[Si](c2ccccc2)(c2ccccc2)c2ccccc2)c(C)c1. The van der Waals surface area contributed by atoms with Gasteiger partial charge in [-0.25, -0.2) is 0 Å². The molecule has 0 aliphatic carbocycles. The summed E-state index contributed by atoms with van der Waals surface area (Å²) in [7, 11) is -10.2. The quantitative estimate of drug-likeness (QED) is 0.0991. The van der Waals surface area contributed by atoms with Gasteiger partial charge in [-0.2, -0.15) is 0 Å². The summed E-state index contributed by atoms with van der Waals surface area (Å²) in [5, 5.41) is 12.0. The van der Waals surface area contributed by atoms with Crippen LogP contribution >= 0.6 is 0 Å². The van der Waals surface area contributed by atoms with Gasteiger partial charge in [0.15, 0.2) is 0 Å². The Kier molecular flexibility index (Phi) is 10.6. The Morgan fingerprint density at radius 3 is 0.596 bits per heavy atom. The van der Waals surface area contributed by atoms with Gasteiger partial charge in [0.2, 0.25) is 0 Å². The molecule has 0 unspecified atom stereocenters. The average molecular weight is 785 g/mol. The predicted molar refractivity (Wildman–Crippen MR) is 254 cm³/mol. The first-order valence-electron chi connectivity index (χ1n) is 20.3. The third-order valence-corrected chi connectivity index (χ3v) is 46.7. The lowest BCUT2D eigenvalue weighted by Gasteiger charge is -2.60. The molecule has 0 bridgehead atoms. The zero-order chi connectivity index (χ0) is 39.6. The second-order valence-electron chi connectivity index (χ2n) is 16.0. The van der Waals surface area contributed by atoms with Crippen LogP contribution in [0.5, 0.6) is 0 Å². The van der Waals surface area contributed by atoms with Gasteiger partial charge in [-0.3, -0.25) is 0 Å². The highest BCUT2D eigenvalue weighted by atomic mass is 29.6. The average Bonchev–Trinajstić information content (AvgIpc) is 3.23. The zero-order valence-electron chi connectivity index (χ0n) is 34.1.